The molecule has 57 heavy (non-hydrogen) atoms. The molecule has 13 heteroatoms. The number of piperazine rings is 1. The van der Waals surface area contributed by atoms with Crippen molar-refractivity contribution in [1.82, 2.24) is 15.1 Å². The molecule has 3 aromatic carbocycles. The monoisotopic (exact) mass is 778 g/mol. The van der Waals surface area contributed by atoms with Gasteiger partial charge in [-0.1, -0.05) is 25.0 Å². The molecular formula is C44H51FN6O6. The van der Waals surface area contributed by atoms with E-state index in [2.05, 4.69) is 26.1 Å². The van der Waals surface area contributed by atoms with Crippen LogP contribution in [-0.4, -0.2) is 97.5 Å². The van der Waals surface area contributed by atoms with Crippen LogP contribution in [0.5, 0.6) is 5.75 Å². The number of halogens is 1. The highest BCUT2D eigenvalue weighted by molar-refractivity contribution is 6.07. The fraction of sp³-hybridized carbons (Fsp3) is 0.500. The first-order chi connectivity index (χ1) is 27.7. The van der Waals surface area contributed by atoms with Crippen LogP contribution in [0.15, 0.2) is 54.6 Å². The highest BCUT2D eigenvalue weighted by Crippen LogP contribution is 2.61. The van der Waals surface area contributed by atoms with E-state index in [0.717, 1.165) is 107 Å². The van der Waals surface area contributed by atoms with Gasteiger partial charge in [-0.2, -0.15) is 0 Å². The Morgan fingerprint density at radius 2 is 1.58 bits per heavy atom. The van der Waals surface area contributed by atoms with E-state index >= 15 is 4.39 Å². The molecule has 4 saturated heterocycles. The average molecular weight is 779 g/mol. The number of imide groups is 1. The Bertz CT molecular complexity index is 2070. The molecule has 1 saturated carbocycles. The molecule has 5 heterocycles. The minimum atomic E-state index is -0.617. The number of hydrogen-bond donors (Lipinski definition) is 2. The summed E-state index contributed by atoms with van der Waals surface area (Å²) in [6.07, 6.45) is 6.01. The second kappa shape index (κ2) is 15.1. The number of aliphatic hydroxyl groups excluding tert-OH is 1. The van der Waals surface area contributed by atoms with Gasteiger partial charge in [0.25, 0.3) is 5.91 Å². The number of methoxy groups -OCH3 is 1. The first-order valence-electron chi connectivity index (χ1n) is 20.6. The minimum Gasteiger partial charge on any atom is -0.496 e. The molecule has 0 bridgehead atoms. The summed E-state index contributed by atoms with van der Waals surface area (Å²) in [5.41, 5.74) is 4.85. The van der Waals surface area contributed by atoms with Gasteiger partial charge in [0.15, 0.2) is 0 Å². The summed E-state index contributed by atoms with van der Waals surface area (Å²) >= 11 is 0. The fourth-order valence-corrected chi connectivity index (χ4v) is 10.5. The summed E-state index contributed by atoms with van der Waals surface area (Å²) in [7, 11) is 1.62. The molecule has 12 nitrogen and oxygen atoms in total. The number of rotatable bonds is 9. The third-order valence-electron chi connectivity index (χ3n) is 13.6. The molecule has 1 aliphatic carbocycles. The molecule has 6 aliphatic rings. The van der Waals surface area contributed by atoms with Crippen molar-refractivity contribution in [2.24, 2.45) is 11.3 Å². The van der Waals surface area contributed by atoms with Crippen LogP contribution in [0.2, 0.25) is 0 Å². The van der Waals surface area contributed by atoms with Crippen molar-refractivity contribution < 1.29 is 33.4 Å². The topological polar surface area (TPSA) is 126 Å². The number of fused-ring (bicyclic) bond motifs is 1. The van der Waals surface area contributed by atoms with E-state index in [9.17, 15) is 24.3 Å². The highest BCUT2D eigenvalue weighted by Gasteiger charge is 2.63. The zero-order valence-electron chi connectivity index (χ0n) is 32.6. The number of β-lactam (4-membered cyclic amide) rings is 1. The number of nitrogens with zero attached hydrogens (tertiary/aromatic N) is 5. The fourth-order valence-electron chi connectivity index (χ4n) is 10.5. The van der Waals surface area contributed by atoms with Crippen molar-refractivity contribution in [3.05, 3.63) is 82.7 Å². The van der Waals surface area contributed by atoms with Crippen LogP contribution >= 0.6 is 0 Å². The number of anilines is 3. The smallest absolute Gasteiger partial charge is 0.255 e. The Morgan fingerprint density at radius 1 is 0.860 bits per heavy atom. The van der Waals surface area contributed by atoms with Crippen molar-refractivity contribution in [1.29, 1.82) is 0 Å². The maximum Gasteiger partial charge on any atom is 0.255 e. The SMILES string of the molecule is COc1cc(N2CCC(CN3CCN(c4ccc5c(c4)CN([C@H]4CCC(=O)NC4=O)C5=O)CC3)CC2)c(F)cc1[C@@H]1N(c2ccc(CO)cc2)C(=O)C12CCCC2. The number of carbonyl (C=O) groups excluding carboxylic acids is 4. The van der Waals surface area contributed by atoms with E-state index in [1.165, 1.54) is 0 Å². The van der Waals surface area contributed by atoms with Gasteiger partial charge in [-0.15, -0.1) is 0 Å². The maximum absolute atomic E-state index is 16.3. The second-order valence-corrected chi connectivity index (χ2v) is 16.8. The van der Waals surface area contributed by atoms with Gasteiger partial charge in [0.1, 0.15) is 17.6 Å². The standard InChI is InChI=1S/C44H51FN6O6/c1-57-38-24-37(35(45)23-34(38)40-44(14-2-3-15-44)43(56)51(40)31-6-4-29(27-52)5-7-31)49-16-12-28(13-17-49)25-47-18-20-48(21-19-47)32-8-9-33-30(22-32)26-50(42(33)55)36-10-11-39(53)46-41(36)54/h4-9,22-24,28,36,40,52H,2-3,10-21,25-27H2,1H3,(H,46,53,54)/t36-,40-/m0/s1. The average Bonchev–Trinajstić information content (AvgIpc) is 3.87. The highest BCUT2D eigenvalue weighted by atomic mass is 19.1. The van der Waals surface area contributed by atoms with Gasteiger partial charge in [0, 0.05) is 87.3 Å². The molecule has 2 N–H and O–H groups in total. The van der Waals surface area contributed by atoms with E-state index in [4.69, 9.17) is 4.74 Å². The minimum absolute atomic E-state index is 0.0731. The summed E-state index contributed by atoms with van der Waals surface area (Å²) in [5, 5.41) is 11.9. The van der Waals surface area contributed by atoms with E-state index in [1.54, 1.807) is 23.0 Å². The number of aliphatic hydroxyl groups is 1. The molecule has 0 unspecified atom stereocenters. The van der Waals surface area contributed by atoms with Gasteiger partial charge in [0.05, 0.1) is 30.9 Å². The van der Waals surface area contributed by atoms with Crippen LogP contribution in [0.4, 0.5) is 21.5 Å². The van der Waals surface area contributed by atoms with Gasteiger partial charge in [0.2, 0.25) is 17.7 Å². The number of amides is 4. The number of nitrogens with one attached hydrogen (secondary N) is 1. The summed E-state index contributed by atoms with van der Waals surface area (Å²) in [6.45, 7) is 6.41. The molecule has 0 aromatic heterocycles. The van der Waals surface area contributed by atoms with Gasteiger partial charge in [-0.25, -0.2) is 4.39 Å². The quantitative estimate of drug-likeness (QED) is 0.234. The number of hydrogen-bond acceptors (Lipinski definition) is 9. The third kappa shape index (κ3) is 6.62. The van der Waals surface area contributed by atoms with Gasteiger partial charge >= 0.3 is 0 Å². The molecule has 3 aromatic rings. The van der Waals surface area contributed by atoms with Crippen molar-refractivity contribution in [3.8, 4) is 5.75 Å². The predicted molar refractivity (Wildman–Crippen MR) is 213 cm³/mol. The molecule has 1 spiro atoms. The Balaban J connectivity index is 0.809. The lowest BCUT2D eigenvalue weighted by atomic mass is 9.66. The van der Waals surface area contributed by atoms with Crippen LogP contribution in [0.3, 0.4) is 0 Å². The molecule has 0 radical (unpaired) electrons. The van der Waals surface area contributed by atoms with E-state index in [-0.39, 0.29) is 42.6 Å². The summed E-state index contributed by atoms with van der Waals surface area (Å²) in [5.74, 6) is 0.0680. The molecule has 5 aliphatic heterocycles. The number of benzene rings is 3. The molecule has 300 valence electrons. The zero-order chi connectivity index (χ0) is 39.4. The predicted octanol–water partition coefficient (Wildman–Crippen LogP) is 4.77. The second-order valence-electron chi connectivity index (χ2n) is 16.8. The van der Waals surface area contributed by atoms with Crippen LogP contribution in [0, 0.1) is 17.2 Å². The lowest BCUT2D eigenvalue weighted by Gasteiger charge is -2.55. The molecule has 2 atom stereocenters. The van der Waals surface area contributed by atoms with Crippen molar-refractivity contribution in [2.45, 2.75) is 76.6 Å². The van der Waals surface area contributed by atoms with Gasteiger partial charge in [-0.3, -0.25) is 29.4 Å². The van der Waals surface area contributed by atoms with Crippen LogP contribution in [0.1, 0.15) is 84.5 Å². The maximum atomic E-state index is 16.3. The van der Waals surface area contributed by atoms with Crippen LogP contribution in [-0.2, 0) is 27.5 Å². The van der Waals surface area contributed by atoms with E-state index in [0.29, 0.717) is 41.4 Å². The Labute approximate surface area is 332 Å². The molecular weight excluding hydrogens is 728 g/mol. The van der Waals surface area contributed by atoms with Gasteiger partial charge < -0.3 is 29.4 Å². The Kier molecular flexibility index (Phi) is 9.92. The first-order valence-corrected chi connectivity index (χ1v) is 20.6. The van der Waals surface area contributed by atoms with E-state index < -0.39 is 17.4 Å². The molecule has 9 rings (SSSR count). The van der Waals surface area contributed by atoms with Crippen LogP contribution < -0.4 is 24.8 Å². The summed E-state index contributed by atoms with van der Waals surface area (Å²) in [4.78, 5) is 61.5. The van der Waals surface area contributed by atoms with E-state index in [1.807, 2.05) is 42.5 Å². The zero-order valence-corrected chi connectivity index (χ0v) is 32.6. The summed E-state index contributed by atoms with van der Waals surface area (Å²) < 4.78 is 22.2. The lowest BCUT2D eigenvalue weighted by molar-refractivity contribution is -0.140. The summed E-state index contributed by atoms with van der Waals surface area (Å²) in [6, 6.07) is 15.8. The molecule has 5 fully saturated rings. The number of carbonyl (C=O) groups is 4. The third-order valence-corrected chi connectivity index (χ3v) is 13.6. The van der Waals surface area contributed by atoms with Crippen LogP contribution in [0.25, 0.3) is 0 Å². The first kappa shape index (κ1) is 37.6. The number of piperidine rings is 2. The largest absolute Gasteiger partial charge is 0.496 e. The van der Waals surface area contributed by atoms with Crippen molar-refractivity contribution >= 4 is 40.7 Å². The molecule has 4 amide bonds. The van der Waals surface area contributed by atoms with Crippen molar-refractivity contribution in [3.63, 3.8) is 0 Å². The lowest BCUT2D eigenvalue weighted by Crippen LogP contribution is -2.62. The number of ether oxygens (including phenoxy) is 1. The Hall–Kier alpha value is -5.01. The Morgan fingerprint density at radius 3 is 2.26 bits per heavy atom. The van der Waals surface area contributed by atoms with Crippen molar-refractivity contribution in [2.75, 3.05) is 67.6 Å². The normalized spacial score (nSPS) is 24.0. The van der Waals surface area contributed by atoms with Gasteiger partial charge in [-0.05, 0) is 85.5 Å².